The van der Waals surface area contributed by atoms with Crippen molar-refractivity contribution in [3.8, 4) is 16.9 Å². The van der Waals surface area contributed by atoms with Crippen molar-refractivity contribution >= 4 is 22.6 Å². The summed E-state index contributed by atoms with van der Waals surface area (Å²) in [4.78, 5) is 4.87. The highest BCUT2D eigenvalue weighted by Gasteiger charge is 2.19. The van der Waals surface area contributed by atoms with Crippen molar-refractivity contribution in [2.75, 3.05) is 0 Å². The highest BCUT2D eigenvalue weighted by molar-refractivity contribution is 5.91. The van der Waals surface area contributed by atoms with Gasteiger partial charge in [0.1, 0.15) is 0 Å². The van der Waals surface area contributed by atoms with E-state index in [1.54, 1.807) is 6.08 Å². The summed E-state index contributed by atoms with van der Waals surface area (Å²) in [6.07, 6.45) is 8.45. The highest BCUT2D eigenvalue weighted by Crippen LogP contribution is 2.35. The van der Waals surface area contributed by atoms with Gasteiger partial charge in [0, 0.05) is 16.6 Å². The molecule has 0 spiro atoms. The molecule has 140 valence electrons. The summed E-state index contributed by atoms with van der Waals surface area (Å²) in [5.41, 5.74) is 8.71. The quantitative estimate of drug-likeness (QED) is 0.357. The molecule has 0 fully saturated rings. The first kappa shape index (κ1) is 17.4. The lowest BCUT2D eigenvalue weighted by Crippen LogP contribution is -2.03. The third-order valence-corrected chi connectivity index (χ3v) is 5.57. The van der Waals surface area contributed by atoms with E-state index in [0.717, 1.165) is 41.1 Å². The fourth-order valence-electron chi connectivity index (χ4n) is 4.14. The molecule has 29 heavy (non-hydrogen) atoms. The van der Waals surface area contributed by atoms with Gasteiger partial charge in [0.15, 0.2) is 0 Å². The van der Waals surface area contributed by atoms with Crippen LogP contribution >= 0.6 is 0 Å². The molecule has 0 N–H and O–H groups in total. The van der Waals surface area contributed by atoms with Crippen LogP contribution in [0.3, 0.4) is 0 Å². The Morgan fingerprint density at radius 2 is 1.79 bits per heavy atom. The first-order valence-electron chi connectivity index (χ1n) is 9.95. The molecule has 2 aromatic heterocycles. The monoisotopic (exact) mass is 374 g/mol. The van der Waals surface area contributed by atoms with Crippen molar-refractivity contribution in [3.05, 3.63) is 109 Å². The Labute approximate surface area is 171 Å². The van der Waals surface area contributed by atoms with Crippen molar-refractivity contribution in [3.63, 3.8) is 0 Å². The molecular formula is C27H22N2. The molecule has 0 amide bonds. The van der Waals surface area contributed by atoms with E-state index < -0.39 is 0 Å². The third-order valence-electron chi connectivity index (χ3n) is 5.57. The first-order chi connectivity index (χ1) is 14.3. The summed E-state index contributed by atoms with van der Waals surface area (Å²) in [7, 11) is 0. The van der Waals surface area contributed by atoms with Crippen molar-refractivity contribution in [1.29, 1.82) is 0 Å². The van der Waals surface area contributed by atoms with Crippen LogP contribution in [0.1, 0.15) is 23.4 Å². The van der Waals surface area contributed by atoms with Crippen LogP contribution in [0.25, 0.3) is 39.5 Å². The van der Waals surface area contributed by atoms with Crippen LogP contribution in [0.5, 0.6) is 0 Å². The van der Waals surface area contributed by atoms with Gasteiger partial charge in [-0.05, 0) is 48.3 Å². The number of nitrogens with zero attached hydrogens (tertiary/aromatic N) is 2. The molecule has 0 radical (unpaired) electrons. The van der Waals surface area contributed by atoms with Gasteiger partial charge in [-0.3, -0.25) is 0 Å². The van der Waals surface area contributed by atoms with E-state index in [0.29, 0.717) is 0 Å². The van der Waals surface area contributed by atoms with Gasteiger partial charge >= 0.3 is 0 Å². The van der Waals surface area contributed by atoms with Crippen molar-refractivity contribution in [2.24, 2.45) is 0 Å². The SMILES string of the molecule is C=CC(=C)c1cc(-n2c3c(c4ccccc42)CCC=C3)cc(-c2ccccc2)n1. The lowest BCUT2D eigenvalue weighted by atomic mass is 10.0. The van der Waals surface area contributed by atoms with E-state index >= 15 is 0 Å². The van der Waals surface area contributed by atoms with Crippen LogP contribution in [0, 0.1) is 0 Å². The van der Waals surface area contributed by atoms with E-state index in [9.17, 15) is 0 Å². The van der Waals surface area contributed by atoms with Crippen molar-refractivity contribution in [1.82, 2.24) is 9.55 Å². The predicted molar refractivity (Wildman–Crippen MR) is 123 cm³/mol. The molecule has 0 saturated carbocycles. The molecule has 1 aliphatic rings. The fourth-order valence-corrected chi connectivity index (χ4v) is 4.14. The number of para-hydroxylation sites is 1. The van der Waals surface area contributed by atoms with Crippen LogP contribution in [-0.4, -0.2) is 9.55 Å². The highest BCUT2D eigenvalue weighted by atomic mass is 15.0. The number of aromatic nitrogens is 2. The Bertz CT molecular complexity index is 1270. The van der Waals surface area contributed by atoms with Crippen LogP contribution in [0.2, 0.25) is 0 Å². The van der Waals surface area contributed by atoms with E-state index in [-0.39, 0.29) is 0 Å². The summed E-state index contributed by atoms with van der Waals surface area (Å²) >= 11 is 0. The molecule has 1 aliphatic carbocycles. The molecule has 5 rings (SSSR count). The van der Waals surface area contributed by atoms with Crippen LogP contribution < -0.4 is 0 Å². The zero-order valence-corrected chi connectivity index (χ0v) is 16.3. The lowest BCUT2D eigenvalue weighted by molar-refractivity contribution is 0.966. The minimum Gasteiger partial charge on any atom is -0.309 e. The van der Waals surface area contributed by atoms with Crippen LogP contribution in [0.15, 0.2) is 92.0 Å². The number of hydrogen-bond acceptors (Lipinski definition) is 1. The van der Waals surface area contributed by atoms with E-state index in [4.69, 9.17) is 4.98 Å². The molecule has 0 aliphatic heterocycles. The number of pyridine rings is 1. The Hall–Kier alpha value is -3.65. The minimum atomic E-state index is 0.824. The summed E-state index contributed by atoms with van der Waals surface area (Å²) in [5.74, 6) is 0. The number of benzene rings is 2. The Morgan fingerprint density at radius 1 is 1.00 bits per heavy atom. The Morgan fingerprint density at radius 3 is 2.62 bits per heavy atom. The van der Waals surface area contributed by atoms with Crippen LogP contribution in [-0.2, 0) is 6.42 Å². The third kappa shape index (κ3) is 2.94. The first-order valence-corrected chi connectivity index (χ1v) is 9.95. The summed E-state index contributed by atoms with van der Waals surface area (Å²) in [6.45, 7) is 8.04. The lowest BCUT2D eigenvalue weighted by Gasteiger charge is -2.15. The van der Waals surface area contributed by atoms with Crippen molar-refractivity contribution in [2.45, 2.75) is 12.8 Å². The van der Waals surface area contributed by atoms with Gasteiger partial charge in [-0.2, -0.15) is 0 Å². The normalized spacial score (nSPS) is 12.7. The zero-order valence-electron chi connectivity index (χ0n) is 16.3. The predicted octanol–water partition coefficient (Wildman–Crippen LogP) is 6.85. The second kappa shape index (κ2) is 7.06. The van der Waals surface area contributed by atoms with Crippen molar-refractivity contribution < 1.29 is 0 Å². The van der Waals surface area contributed by atoms with E-state index in [1.165, 1.54) is 22.2 Å². The number of hydrogen-bond donors (Lipinski definition) is 0. The average Bonchev–Trinajstić information content (AvgIpc) is 3.13. The molecule has 0 bridgehead atoms. The van der Waals surface area contributed by atoms with Gasteiger partial charge in [-0.1, -0.05) is 73.8 Å². The van der Waals surface area contributed by atoms with E-state index in [2.05, 4.69) is 78.4 Å². The van der Waals surface area contributed by atoms with Gasteiger partial charge in [0.25, 0.3) is 0 Å². The maximum Gasteiger partial charge on any atom is 0.0730 e. The molecule has 2 aromatic carbocycles. The summed E-state index contributed by atoms with van der Waals surface area (Å²) in [5, 5.41) is 1.33. The van der Waals surface area contributed by atoms with Gasteiger partial charge in [-0.15, -0.1) is 0 Å². The topological polar surface area (TPSA) is 17.8 Å². The molecule has 0 atom stereocenters. The molecule has 0 unspecified atom stereocenters. The standard InChI is InChI=1S/C27H22N2/c1-3-19(2)24-17-21(18-25(28-24)20-11-5-4-6-12-20)29-26-15-9-7-13-22(26)23-14-8-10-16-27(23)29/h3-7,9-13,15-18H,1-2,8,14H2. The minimum absolute atomic E-state index is 0.824. The van der Waals surface area contributed by atoms with Crippen LogP contribution in [0.4, 0.5) is 0 Å². The maximum absolute atomic E-state index is 4.87. The Balaban J connectivity index is 1.82. The largest absolute Gasteiger partial charge is 0.309 e. The smallest absolute Gasteiger partial charge is 0.0730 e. The van der Waals surface area contributed by atoms with Gasteiger partial charge in [0.05, 0.1) is 22.6 Å². The number of allylic oxidation sites excluding steroid dienone is 3. The molecule has 0 saturated heterocycles. The van der Waals surface area contributed by atoms with Gasteiger partial charge < -0.3 is 4.57 Å². The van der Waals surface area contributed by atoms with Gasteiger partial charge in [0.2, 0.25) is 0 Å². The summed E-state index contributed by atoms with van der Waals surface area (Å²) in [6, 6.07) is 23.2. The number of aryl methyl sites for hydroxylation is 1. The average molecular weight is 374 g/mol. The van der Waals surface area contributed by atoms with E-state index in [1.807, 2.05) is 18.2 Å². The molecular weight excluding hydrogens is 352 g/mol. The Kier molecular flexibility index (Phi) is 4.25. The molecule has 2 nitrogen and oxygen atoms in total. The summed E-state index contributed by atoms with van der Waals surface area (Å²) < 4.78 is 2.36. The second-order valence-corrected chi connectivity index (χ2v) is 7.35. The maximum atomic E-state index is 4.87. The number of fused-ring (bicyclic) bond motifs is 3. The molecule has 2 heterocycles. The second-order valence-electron chi connectivity index (χ2n) is 7.35. The van der Waals surface area contributed by atoms with Gasteiger partial charge in [-0.25, -0.2) is 4.98 Å². The number of rotatable bonds is 4. The molecule has 4 aromatic rings. The molecule has 2 heteroatoms. The fraction of sp³-hybridized carbons (Fsp3) is 0.0741. The zero-order chi connectivity index (χ0) is 19.8.